The molecule has 4 unspecified atom stereocenters. The van der Waals surface area contributed by atoms with Gasteiger partial charge in [-0.05, 0) is 110 Å². The minimum Gasteiger partial charge on any atom is -0.491 e. The minimum atomic E-state index is -1.03. The van der Waals surface area contributed by atoms with Crippen LogP contribution in [0.15, 0.2) is 72.8 Å². The third kappa shape index (κ3) is 5.95. The molecule has 3 aromatic rings. The summed E-state index contributed by atoms with van der Waals surface area (Å²) in [5, 5.41) is 0. The van der Waals surface area contributed by atoms with Crippen molar-refractivity contribution in [3.63, 3.8) is 0 Å². The average Bonchev–Trinajstić information content (AvgIpc) is 2.95. The Kier molecular flexibility index (Phi) is 8.46. The van der Waals surface area contributed by atoms with Crippen molar-refractivity contribution in [1.82, 2.24) is 0 Å². The highest BCUT2D eigenvalue weighted by Crippen LogP contribution is 2.48. The van der Waals surface area contributed by atoms with Crippen molar-refractivity contribution in [1.29, 1.82) is 0 Å². The van der Waals surface area contributed by atoms with Gasteiger partial charge in [0.25, 0.3) is 0 Å². The summed E-state index contributed by atoms with van der Waals surface area (Å²) in [5.74, 6) is 1.00. The van der Waals surface area contributed by atoms with Gasteiger partial charge < -0.3 is 9.47 Å². The maximum absolute atomic E-state index is 14.3. The summed E-state index contributed by atoms with van der Waals surface area (Å²) < 4.78 is 39.0. The second kappa shape index (κ2) is 12.1. The van der Waals surface area contributed by atoms with Gasteiger partial charge in [-0.15, -0.1) is 0 Å². The van der Waals surface area contributed by atoms with Crippen LogP contribution in [0.25, 0.3) is 11.1 Å². The Labute approximate surface area is 225 Å². The number of fused-ring (bicyclic) bond motifs is 1. The van der Waals surface area contributed by atoms with Crippen LogP contribution >= 0.6 is 0 Å². The number of halogens is 2. The number of ether oxygens (including phenoxy) is 2. The van der Waals surface area contributed by atoms with E-state index in [2.05, 4.69) is 55.5 Å². The molecule has 0 spiro atoms. The second-order valence-electron chi connectivity index (χ2n) is 10.9. The molecule has 2 saturated carbocycles. The fraction of sp³-hybridized carbons (Fsp3) is 0.412. The Hall–Kier alpha value is -3.14. The summed E-state index contributed by atoms with van der Waals surface area (Å²) in [6.45, 7) is 4.29. The summed E-state index contributed by atoms with van der Waals surface area (Å²) in [5.41, 5.74) is 4.67. The molecule has 0 heterocycles. The van der Waals surface area contributed by atoms with Crippen LogP contribution in [0.4, 0.5) is 8.78 Å². The van der Waals surface area contributed by atoms with Crippen molar-refractivity contribution in [3.8, 4) is 22.6 Å². The molecule has 2 fully saturated rings. The van der Waals surface area contributed by atoms with Gasteiger partial charge in [0.2, 0.25) is 11.6 Å². The number of hydrogen-bond acceptors (Lipinski definition) is 2. The van der Waals surface area contributed by atoms with Crippen molar-refractivity contribution in [3.05, 3.63) is 95.6 Å². The van der Waals surface area contributed by atoms with Gasteiger partial charge in [-0.3, -0.25) is 0 Å². The number of hydrogen-bond donors (Lipinski definition) is 0. The quantitative estimate of drug-likeness (QED) is 0.278. The summed E-state index contributed by atoms with van der Waals surface area (Å²) in [6.07, 6.45) is 12.8. The van der Waals surface area contributed by atoms with E-state index in [-0.39, 0.29) is 24.7 Å². The molecule has 5 rings (SSSR count). The Bertz CT molecular complexity index is 1230. The van der Waals surface area contributed by atoms with Crippen molar-refractivity contribution >= 4 is 0 Å². The van der Waals surface area contributed by atoms with Crippen LogP contribution in [-0.4, -0.2) is 6.61 Å². The van der Waals surface area contributed by atoms with Crippen molar-refractivity contribution in [2.24, 2.45) is 17.8 Å². The van der Waals surface area contributed by atoms with E-state index in [1.54, 1.807) is 6.92 Å². The van der Waals surface area contributed by atoms with Gasteiger partial charge in [-0.2, -0.15) is 8.78 Å². The molecule has 38 heavy (non-hydrogen) atoms. The van der Waals surface area contributed by atoms with E-state index in [0.29, 0.717) is 5.92 Å². The van der Waals surface area contributed by atoms with E-state index in [1.165, 1.54) is 61.8 Å². The van der Waals surface area contributed by atoms with E-state index in [0.717, 1.165) is 28.9 Å². The molecule has 0 radical (unpaired) electrons. The lowest BCUT2D eigenvalue weighted by Gasteiger charge is -2.41. The van der Waals surface area contributed by atoms with Crippen LogP contribution in [0.5, 0.6) is 11.5 Å². The third-order valence-corrected chi connectivity index (χ3v) is 8.49. The highest BCUT2D eigenvalue weighted by atomic mass is 19.2. The average molecular weight is 517 g/mol. The number of rotatable bonds is 8. The van der Waals surface area contributed by atoms with Gasteiger partial charge in [0, 0.05) is 0 Å². The first-order chi connectivity index (χ1) is 18.6. The van der Waals surface area contributed by atoms with Gasteiger partial charge in [0.05, 0.1) is 6.61 Å². The lowest BCUT2D eigenvalue weighted by atomic mass is 9.64. The van der Waals surface area contributed by atoms with Crippen molar-refractivity contribution in [2.75, 3.05) is 6.61 Å². The first kappa shape index (κ1) is 26.5. The topological polar surface area (TPSA) is 18.5 Å². The van der Waals surface area contributed by atoms with E-state index in [1.807, 2.05) is 12.1 Å². The van der Waals surface area contributed by atoms with Crippen LogP contribution < -0.4 is 9.47 Å². The molecule has 0 N–H and O–H groups in total. The highest BCUT2D eigenvalue weighted by molar-refractivity contribution is 5.64. The predicted octanol–water partition coefficient (Wildman–Crippen LogP) is 9.49. The van der Waals surface area contributed by atoms with Crippen LogP contribution in [0.1, 0.15) is 69.4 Å². The van der Waals surface area contributed by atoms with Crippen LogP contribution in [0.2, 0.25) is 0 Å². The number of benzene rings is 3. The Morgan fingerprint density at radius 2 is 1.34 bits per heavy atom. The zero-order valence-electron chi connectivity index (χ0n) is 22.5. The Morgan fingerprint density at radius 1 is 0.737 bits per heavy atom. The molecule has 3 aromatic carbocycles. The zero-order chi connectivity index (χ0) is 26.5. The van der Waals surface area contributed by atoms with Gasteiger partial charge >= 0.3 is 0 Å². The van der Waals surface area contributed by atoms with Crippen molar-refractivity contribution < 1.29 is 18.3 Å². The summed E-state index contributed by atoms with van der Waals surface area (Å²) in [7, 11) is 0. The molecule has 2 nitrogen and oxygen atoms in total. The molecule has 200 valence electrons. The summed E-state index contributed by atoms with van der Waals surface area (Å²) >= 11 is 0. The van der Waals surface area contributed by atoms with E-state index in [9.17, 15) is 8.78 Å². The van der Waals surface area contributed by atoms with Gasteiger partial charge in [-0.1, -0.05) is 60.7 Å². The van der Waals surface area contributed by atoms with Crippen molar-refractivity contribution in [2.45, 2.75) is 64.9 Å². The molecular weight excluding hydrogens is 478 g/mol. The van der Waals surface area contributed by atoms with Gasteiger partial charge in [-0.25, -0.2) is 0 Å². The third-order valence-electron chi connectivity index (χ3n) is 8.49. The molecule has 0 aromatic heterocycles. The second-order valence-corrected chi connectivity index (χ2v) is 10.9. The van der Waals surface area contributed by atoms with Gasteiger partial charge in [0.15, 0.2) is 11.5 Å². The van der Waals surface area contributed by atoms with Crippen LogP contribution in [-0.2, 0) is 6.61 Å². The minimum absolute atomic E-state index is 0.104. The molecule has 0 saturated heterocycles. The fourth-order valence-corrected chi connectivity index (χ4v) is 6.47. The predicted molar refractivity (Wildman–Crippen MR) is 149 cm³/mol. The Morgan fingerprint density at radius 3 is 2.00 bits per heavy atom. The first-order valence-corrected chi connectivity index (χ1v) is 14.1. The molecular formula is C34H38F2O2. The summed E-state index contributed by atoms with van der Waals surface area (Å²) in [4.78, 5) is 0. The molecule has 0 amide bonds. The fourth-order valence-electron chi connectivity index (χ4n) is 6.47. The smallest absolute Gasteiger partial charge is 0.204 e. The molecule has 2 aliphatic carbocycles. The zero-order valence-corrected chi connectivity index (χ0v) is 22.5. The van der Waals surface area contributed by atoms with E-state index < -0.39 is 11.6 Å². The molecule has 4 atom stereocenters. The summed E-state index contributed by atoms with van der Waals surface area (Å²) in [6, 6.07) is 19.9. The van der Waals surface area contributed by atoms with Gasteiger partial charge in [0.1, 0.15) is 6.61 Å². The normalized spacial score (nSPS) is 23.3. The van der Waals surface area contributed by atoms with Crippen LogP contribution in [0, 0.1) is 29.4 Å². The first-order valence-electron chi connectivity index (χ1n) is 14.1. The highest BCUT2D eigenvalue weighted by Gasteiger charge is 2.35. The lowest BCUT2D eigenvalue weighted by molar-refractivity contribution is 0.133. The monoisotopic (exact) mass is 516 g/mol. The van der Waals surface area contributed by atoms with E-state index in [4.69, 9.17) is 9.47 Å². The van der Waals surface area contributed by atoms with Crippen LogP contribution in [0.3, 0.4) is 0 Å². The largest absolute Gasteiger partial charge is 0.491 e. The molecule has 2 aliphatic rings. The number of allylic oxidation sites excluding steroid dienone is 2. The molecule has 0 bridgehead atoms. The molecule has 4 heteroatoms. The van der Waals surface area contributed by atoms with E-state index >= 15 is 0 Å². The lowest BCUT2D eigenvalue weighted by Crippen LogP contribution is -2.30. The standard InChI is InChI=1S/C34H38F2O2/c1-3-5-23-6-11-30-21-29(17-16-28(30)20-23)27-14-12-26(13-15-27)25-9-7-24(8-10-25)22-38-32-19-18-31(37-4-2)33(35)34(32)36/h3,5,7-10,12-15,18-19,23,28-30H,4,6,11,16-17,20-22H2,1-2H3. The maximum Gasteiger partial charge on any atom is 0.204 e. The SMILES string of the molecule is CC=CC1CCC2CC(c3ccc(-c4ccc(COc5ccc(OCC)c(F)c5F)cc4)cc3)CCC2C1. The Balaban J connectivity index is 1.17. The maximum atomic E-state index is 14.3. The molecule has 0 aliphatic heterocycles.